The van der Waals surface area contributed by atoms with Crippen LogP contribution in [0.4, 0.5) is 0 Å². The summed E-state index contributed by atoms with van der Waals surface area (Å²) in [6.45, 7) is 4.48. The fourth-order valence-electron chi connectivity index (χ4n) is 2.44. The second kappa shape index (κ2) is 10.6. The number of benzene rings is 2. The maximum absolute atomic E-state index is 12.3. The Bertz CT molecular complexity index is 905. The maximum atomic E-state index is 12.3. The van der Waals surface area contributed by atoms with E-state index < -0.39 is 5.97 Å². The molecule has 144 valence electrons. The number of Topliss-reactive ketones (excluding diaryl/α,β-unsaturated/α-hetero) is 1. The van der Waals surface area contributed by atoms with Crippen molar-refractivity contribution in [1.29, 1.82) is 0 Å². The maximum Gasteiger partial charge on any atom is 0.335 e. The summed E-state index contributed by atoms with van der Waals surface area (Å²) < 4.78 is 5.72. The molecule has 5 heteroatoms. The summed E-state index contributed by atoms with van der Waals surface area (Å²) in [6, 6.07) is 19.8. The first-order chi connectivity index (χ1) is 13.6. The first-order valence-electron chi connectivity index (χ1n) is 9.10. The van der Waals surface area contributed by atoms with Crippen molar-refractivity contribution in [2.75, 3.05) is 0 Å². The van der Waals surface area contributed by atoms with E-state index in [1.165, 1.54) is 18.3 Å². The Kier molecular flexibility index (Phi) is 7.91. The summed E-state index contributed by atoms with van der Waals surface area (Å²) in [5.74, 6) is -0.594. The van der Waals surface area contributed by atoms with Crippen LogP contribution in [0.2, 0.25) is 0 Å². The number of aromatic nitrogens is 1. The van der Waals surface area contributed by atoms with Crippen LogP contribution in [0.1, 0.15) is 45.8 Å². The van der Waals surface area contributed by atoms with E-state index in [0.717, 1.165) is 16.9 Å². The molecule has 0 bridgehead atoms. The summed E-state index contributed by atoms with van der Waals surface area (Å²) in [4.78, 5) is 27.2. The van der Waals surface area contributed by atoms with Gasteiger partial charge in [-0.05, 0) is 35.4 Å². The third kappa shape index (κ3) is 6.06. The number of ether oxygens (including phenoxy) is 1. The Labute approximate surface area is 164 Å². The molecule has 2 aromatic carbocycles. The molecule has 1 N–H and O–H groups in total. The van der Waals surface area contributed by atoms with Gasteiger partial charge in [-0.2, -0.15) is 0 Å². The standard InChI is InChI=1S/C21H17NO4.C2H6/c23-20(19-13-17(21(24)25)10-11-22-19)12-15-6-8-18(9-7-15)26-14-16-4-2-1-3-5-16;1-2/h1-11,13H,12,14H2,(H,24,25);1-2H3. The minimum absolute atomic E-state index is 0.0491. The molecule has 0 aliphatic rings. The van der Waals surface area contributed by atoms with E-state index in [4.69, 9.17) is 9.84 Å². The van der Waals surface area contributed by atoms with Crippen molar-refractivity contribution < 1.29 is 19.4 Å². The Morgan fingerprint density at radius 1 is 0.929 bits per heavy atom. The van der Waals surface area contributed by atoms with E-state index in [-0.39, 0.29) is 23.5 Å². The summed E-state index contributed by atoms with van der Waals surface area (Å²) in [7, 11) is 0. The van der Waals surface area contributed by atoms with Crippen molar-refractivity contribution in [1.82, 2.24) is 4.98 Å². The molecule has 0 amide bonds. The zero-order valence-electron chi connectivity index (χ0n) is 16.0. The first-order valence-corrected chi connectivity index (χ1v) is 9.10. The second-order valence-electron chi connectivity index (χ2n) is 5.75. The van der Waals surface area contributed by atoms with E-state index in [9.17, 15) is 9.59 Å². The lowest BCUT2D eigenvalue weighted by Crippen LogP contribution is -2.08. The molecule has 0 atom stereocenters. The molecule has 0 aliphatic heterocycles. The second-order valence-corrected chi connectivity index (χ2v) is 5.75. The number of carboxylic acid groups (broad SMARTS) is 1. The number of hydrogen-bond acceptors (Lipinski definition) is 4. The van der Waals surface area contributed by atoms with Crippen molar-refractivity contribution >= 4 is 11.8 Å². The average molecular weight is 377 g/mol. The molecule has 0 aliphatic carbocycles. The highest BCUT2D eigenvalue weighted by molar-refractivity contribution is 5.98. The molecule has 28 heavy (non-hydrogen) atoms. The lowest BCUT2D eigenvalue weighted by Gasteiger charge is -2.07. The number of carbonyl (C=O) groups excluding carboxylic acids is 1. The van der Waals surface area contributed by atoms with Gasteiger partial charge in [0.05, 0.1) is 5.56 Å². The third-order valence-electron chi connectivity index (χ3n) is 3.83. The SMILES string of the molecule is CC.O=C(O)c1ccnc(C(=O)Cc2ccc(OCc3ccccc3)cc2)c1. The summed E-state index contributed by atoms with van der Waals surface area (Å²) >= 11 is 0. The van der Waals surface area contributed by atoms with E-state index in [1.807, 2.05) is 68.4 Å². The molecular weight excluding hydrogens is 354 g/mol. The van der Waals surface area contributed by atoms with Crippen LogP contribution in [0, 0.1) is 0 Å². The van der Waals surface area contributed by atoms with Crippen molar-refractivity contribution in [2.24, 2.45) is 0 Å². The van der Waals surface area contributed by atoms with Crippen LogP contribution >= 0.6 is 0 Å². The number of hydrogen-bond donors (Lipinski definition) is 1. The number of rotatable bonds is 7. The van der Waals surface area contributed by atoms with Crippen LogP contribution in [-0.2, 0) is 13.0 Å². The van der Waals surface area contributed by atoms with Crippen LogP contribution in [0.15, 0.2) is 72.9 Å². The first kappa shape index (κ1) is 20.8. The highest BCUT2D eigenvalue weighted by atomic mass is 16.5. The van der Waals surface area contributed by atoms with Crippen LogP contribution in [-0.4, -0.2) is 21.8 Å². The molecule has 3 aromatic rings. The minimum Gasteiger partial charge on any atom is -0.489 e. The number of carboxylic acids is 1. The fourth-order valence-corrected chi connectivity index (χ4v) is 2.44. The van der Waals surface area contributed by atoms with Gasteiger partial charge in [0.2, 0.25) is 0 Å². The molecule has 0 saturated heterocycles. The van der Waals surface area contributed by atoms with Gasteiger partial charge < -0.3 is 9.84 Å². The van der Waals surface area contributed by atoms with Gasteiger partial charge in [0, 0.05) is 12.6 Å². The number of aromatic carboxylic acids is 1. The lowest BCUT2D eigenvalue weighted by molar-refractivity contribution is 0.0696. The molecule has 0 saturated carbocycles. The molecule has 0 radical (unpaired) electrons. The number of ketones is 1. The van der Waals surface area contributed by atoms with Gasteiger partial charge in [0.1, 0.15) is 18.1 Å². The Morgan fingerprint density at radius 2 is 1.61 bits per heavy atom. The van der Waals surface area contributed by atoms with Gasteiger partial charge in [-0.25, -0.2) is 4.79 Å². The van der Waals surface area contributed by atoms with Gasteiger partial charge in [-0.3, -0.25) is 9.78 Å². The number of carbonyl (C=O) groups is 2. The zero-order valence-corrected chi connectivity index (χ0v) is 16.0. The molecule has 0 spiro atoms. The number of pyridine rings is 1. The smallest absolute Gasteiger partial charge is 0.335 e. The van der Waals surface area contributed by atoms with Crippen LogP contribution < -0.4 is 4.74 Å². The lowest BCUT2D eigenvalue weighted by atomic mass is 10.1. The fraction of sp³-hybridized carbons (Fsp3) is 0.174. The van der Waals surface area contributed by atoms with Crippen molar-refractivity contribution in [3.63, 3.8) is 0 Å². The van der Waals surface area contributed by atoms with Crippen molar-refractivity contribution in [2.45, 2.75) is 26.9 Å². The molecule has 1 aromatic heterocycles. The Morgan fingerprint density at radius 3 is 2.25 bits per heavy atom. The highest BCUT2D eigenvalue weighted by Crippen LogP contribution is 2.16. The van der Waals surface area contributed by atoms with Gasteiger partial charge in [0.25, 0.3) is 0 Å². The van der Waals surface area contributed by atoms with Crippen molar-refractivity contribution in [3.8, 4) is 5.75 Å². The summed E-state index contributed by atoms with van der Waals surface area (Å²) in [5.41, 5.74) is 2.09. The predicted octanol–water partition coefficient (Wildman–Crippen LogP) is 4.81. The van der Waals surface area contributed by atoms with Crippen LogP contribution in [0.5, 0.6) is 5.75 Å². The predicted molar refractivity (Wildman–Crippen MR) is 108 cm³/mol. The van der Waals surface area contributed by atoms with E-state index >= 15 is 0 Å². The molecule has 5 nitrogen and oxygen atoms in total. The largest absolute Gasteiger partial charge is 0.489 e. The van der Waals surface area contributed by atoms with Gasteiger partial charge in [-0.1, -0.05) is 56.3 Å². The monoisotopic (exact) mass is 377 g/mol. The third-order valence-corrected chi connectivity index (χ3v) is 3.83. The van der Waals surface area contributed by atoms with E-state index in [2.05, 4.69) is 4.98 Å². The molecule has 3 rings (SSSR count). The molecule has 1 heterocycles. The summed E-state index contributed by atoms with van der Waals surface area (Å²) in [6.07, 6.45) is 1.48. The van der Waals surface area contributed by atoms with Gasteiger partial charge in [0.15, 0.2) is 5.78 Å². The molecule has 0 fully saturated rings. The highest BCUT2D eigenvalue weighted by Gasteiger charge is 2.12. The minimum atomic E-state index is -1.08. The average Bonchev–Trinajstić information content (AvgIpc) is 2.75. The zero-order chi connectivity index (χ0) is 20.4. The normalized spacial score (nSPS) is 9.79. The Hall–Kier alpha value is -3.47. The van der Waals surface area contributed by atoms with Crippen LogP contribution in [0.25, 0.3) is 0 Å². The quantitative estimate of drug-likeness (QED) is 0.598. The van der Waals surface area contributed by atoms with E-state index in [1.54, 1.807) is 0 Å². The topological polar surface area (TPSA) is 76.5 Å². The van der Waals surface area contributed by atoms with Crippen LogP contribution in [0.3, 0.4) is 0 Å². The summed E-state index contributed by atoms with van der Waals surface area (Å²) in [5, 5.41) is 8.99. The molecular formula is C23H23NO4. The number of nitrogens with zero attached hydrogens (tertiary/aromatic N) is 1. The molecule has 0 unspecified atom stereocenters. The Balaban J connectivity index is 0.00000136. The van der Waals surface area contributed by atoms with Gasteiger partial charge in [-0.15, -0.1) is 0 Å². The van der Waals surface area contributed by atoms with Crippen molar-refractivity contribution in [3.05, 3.63) is 95.3 Å². The van der Waals surface area contributed by atoms with E-state index in [0.29, 0.717) is 6.61 Å². The van der Waals surface area contributed by atoms with Gasteiger partial charge >= 0.3 is 5.97 Å².